The number of carbonyl (C=O) groups excluding carboxylic acids is 3. The molecule has 1 heterocycles. The van der Waals surface area contributed by atoms with Gasteiger partial charge >= 0.3 is 0 Å². The number of anilines is 2. The molecule has 3 aromatic rings. The van der Waals surface area contributed by atoms with Crippen LogP contribution in [0.5, 0.6) is 0 Å². The Morgan fingerprint density at radius 2 is 1.44 bits per heavy atom. The van der Waals surface area contributed by atoms with E-state index >= 15 is 0 Å². The lowest BCUT2D eigenvalue weighted by Crippen LogP contribution is -2.30. The molecule has 0 saturated carbocycles. The average molecular weight is 498 g/mol. The molecule has 0 spiro atoms. The Bertz CT molecular complexity index is 1090. The van der Waals surface area contributed by atoms with Gasteiger partial charge in [-0.25, -0.2) is 0 Å². The number of nitrogens with zero attached hydrogens (tertiary/aromatic N) is 1. The van der Waals surface area contributed by atoms with E-state index in [-0.39, 0.29) is 29.9 Å². The molecule has 0 unspecified atom stereocenters. The van der Waals surface area contributed by atoms with Crippen LogP contribution in [0.2, 0.25) is 0 Å². The lowest BCUT2D eigenvalue weighted by molar-refractivity contribution is -0.115. The molecule has 0 bridgehead atoms. The highest BCUT2D eigenvalue weighted by atomic mass is 79.9. The number of carbonyl (C=O) groups is 3. The predicted octanol–water partition coefficient (Wildman–Crippen LogP) is 4.96. The third-order valence-corrected chi connectivity index (χ3v) is 5.27. The summed E-state index contributed by atoms with van der Waals surface area (Å²) >= 11 is 3.16. The van der Waals surface area contributed by atoms with Crippen molar-refractivity contribution < 1.29 is 18.8 Å². The highest BCUT2D eigenvalue weighted by Crippen LogP contribution is 2.17. The minimum atomic E-state index is -0.357. The van der Waals surface area contributed by atoms with Crippen molar-refractivity contribution in [2.75, 3.05) is 23.7 Å². The smallest absolute Gasteiger partial charge is 0.291 e. The number of nitrogens with one attached hydrogen (secondary N) is 2. The van der Waals surface area contributed by atoms with Gasteiger partial charge in [0.1, 0.15) is 0 Å². The quantitative estimate of drug-likeness (QED) is 0.460. The minimum absolute atomic E-state index is 0.0280. The summed E-state index contributed by atoms with van der Waals surface area (Å²) in [5.74, 6) is -0.362. The maximum Gasteiger partial charge on any atom is 0.291 e. The summed E-state index contributed by atoms with van der Waals surface area (Å²) in [7, 11) is 0. The lowest BCUT2D eigenvalue weighted by atomic mass is 10.1. The maximum absolute atomic E-state index is 12.4. The Labute approximate surface area is 194 Å². The third-order valence-electron chi connectivity index (χ3n) is 4.84. The Morgan fingerprint density at radius 1 is 0.844 bits per heavy atom. The Kier molecular flexibility index (Phi) is 7.83. The second-order valence-electron chi connectivity index (χ2n) is 7.03. The topological polar surface area (TPSA) is 91.7 Å². The van der Waals surface area contributed by atoms with Crippen molar-refractivity contribution in [3.05, 3.63) is 82.2 Å². The van der Waals surface area contributed by atoms with Gasteiger partial charge in [-0.3, -0.25) is 14.4 Å². The number of furan rings is 1. The molecule has 8 heteroatoms. The molecular weight excluding hydrogens is 474 g/mol. The SMILES string of the molecule is CCN(CC)C(=O)c1ccc(NC(=O)Cc2ccc(NC(=O)c3ccc(Br)o3)cc2)cc1. The zero-order valence-electron chi connectivity index (χ0n) is 17.9. The van der Waals surface area contributed by atoms with Crippen molar-refractivity contribution >= 4 is 45.0 Å². The third kappa shape index (κ3) is 6.07. The van der Waals surface area contributed by atoms with E-state index in [0.717, 1.165) is 5.56 Å². The number of hydrogen-bond donors (Lipinski definition) is 2. The van der Waals surface area contributed by atoms with Crippen LogP contribution in [0.1, 0.15) is 40.3 Å². The monoisotopic (exact) mass is 497 g/mol. The Hall–Kier alpha value is -3.39. The fourth-order valence-corrected chi connectivity index (χ4v) is 3.42. The van der Waals surface area contributed by atoms with Crippen LogP contribution in [-0.2, 0) is 11.2 Å². The van der Waals surface area contributed by atoms with Crippen LogP contribution in [-0.4, -0.2) is 35.7 Å². The van der Waals surface area contributed by atoms with Gasteiger partial charge in [-0.15, -0.1) is 0 Å². The van der Waals surface area contributed by atoms with Crippen LogP contribution in [0, 0.1) is 0 Å². The lowest BCUT2D eigenvalue weighted by Gasteiger charge is -2.18. The molecule has 0 radical (unpaired) electrons. The highest BCUT2D eigenvalue weighted by molar-refractivity contribution is 9.10. The fraction of sp³-hybridized carbons (Fsp3) is 0.208. The van der Waals surface area contributed by atoms with Gasteiger partial charge < -0.3 is 20.0 Å². The van der Waals surface area contributed by atoms with E-state index in [1.54, 1.807) is 65.6 Å². The molecule has 0 atom stereocenters. The second kappa shape index (κ2) is 10.8. The first-order valence-corrected chi connectivity index (χ1v) is 11.0. The van der Waals surface area contributed by atoms with Gasteiger partial charge in [-0.05, 0) is 83.9 Å². The molecule has 3 rings (SSSR count). The van der Waals surface area contributed by atoms with Crippen molar-refractivity contribution in [2.45, 2.75) is 20.3 Å². The van der Waals surface area contributed by atoms with E-state index in [2.05, 4.69) is 26.6 Å². The maximum atomic E-state index is 12.4. The van der Waals surface area contributed by atoms with Crippen molar-refractivity contribution in [3.8, 4) is 0 Å². The minimum Gasteiger partial charge on any atom is -0.444 e. The summed E-state index contributed by atoms with van der Waals surface area (Å²) < 4.78 is 5.71. The first kappa shape index (κ1) is 23.3. The summed E-state index contributed by atoms with van der Waals surface area (Å²) in [4.78, 5) is 38.6. The summed E-state index contributed by atoms with van der Waals surface area (Å²) in [5, 5.41) is 5.57. The van der Waals surface area contributed by atoms with Gasteiger partial charge in [0, 0.05) is 30.0 Å². The number of benzene rings is 2. The zero-order valence-corrected chi connectivity index (χ0v) is 19.4. The number of amides is 3. The van der Waals surface area contributed by atoms with Crippen LogP contribution in [0.4, 0.5) is 11.4 Å². The van der Waals surface area contributed by atoms with Gasteiger partial charge in [0.2, 0.25) is 5.91 Å². The summed E-state index contributed by atoms with van der Waals surface area (Å²) in [6.07, 6.45) is 0.180. The highest BCUT2D eigenvalue weighted by Gasteiger charge is 2.13. The molecule has 0 saturated heterocycles. The van der Waals surface area contributed by atoms with Crippen molar-refractivity contribution in [1.82, 2.24) is 4.90 Å². The number of halogens is 1. The van der Waals surface area contributed by atoms with E-state index in [1.165, 1.54) is 0 Å². The van der Waals surface area contributed by atoms with Crippen LogP contribution >= 0.6 is 15.9 Å². The van der Waals surface area contributed by atoms with Gasteiger partial charge in [-0.2, -0.15) is 0 Å². The van der Waals surface area contributed by atoms with E-state index in [0.29, 0.717) is 34.7 Å². The number of rotatable bonds is 8. The number of hydrogen-bond acceptors (Lipinski definition) is 4. The van der Waals surface area contributed by atoms with Crippen LogP contribution in [0.3, 0.4) is 0 Å². The normalized spacial score (nSPS) is 10.5. The molecular formula is C24H24BrN3O4. The molecule has 3 amide bonds. The summed E-state index contributed by atoms with van der Waals surface area (Å²) in [6.45, 7) is 5.18. The molecule has 2 N–H and O–H groups in total. The molecule has 1 aromatic heterocycles. The van der Waals surface area contributed by atoms with Crippen LogP contribution in [0.25, 0.3) is 0 Å². The average Bonchev–Trinajstić information content (AvgIpc) is 3.23. The van der Waals surface area contributed by atoms with Crippen LogP contribution in [0.15, 0.2) is 69.8 Å². The molecule has 0 fully saturated rings. The molecule has 0 aliphatic heterocycles. The molecule has 7 nitrogen and oxygen atoms in total. The van der Waals surface area contributed by atoms with Gasteiger partial charge in [0.25, 0.3) is 11.8 Å². The first-order chi connectivity index (χ1) is 15.4. The second-order valence-corrected chi connectivity index (χ2v) is 7.82. The standard InChI is InChI=1S/C24H24BrN3O4/c1-3-28(4-2)24(31)17-7-11-18(12-8-17)26-22(29)15-16-5-9-19(10-6-16)27-23(30)20-13-14-21(25)32-20/h5-14H,3-4,15H2,1-2H3,(H,26,29)(H,27,30). The molecule has 0 aliphatic carbocycles. The molecule has 0 aliphatic rings. The van der Waals surface area contributed by atoms with Gasteiger partial charge in [-0.1, -0.05) is 12.1 Å². The summed E-state index contributed by atoms with van der Waals surface area (Å²) in [6, 6.07) is 17.1. The molecule has 2 aromatic carbocycles. The van der Waals surface area contributed by atoms with Crippen LogP contribution < -0.4 is 10.6 Å². The van der Waals surface area contributed by atoms with Crippen molar-refractivity contribution in [2.24, 2.45) is 0 Å². The van der Waals surface area contributed by atoms with E-state index in [1.807, 2.05) is 13.8 Å². The van der Waals surface area contributed by atoms with E-state index < -0.39 is 0 Å². The first-order valence-electron chi connectivity index (χ1n) is 10.2. The molecule has 32 heavy (non-hydrogen) atoms. The zero-order chi connectivity index (χ0) is 23.1. The van der Waals surface area contributed by atoms with Crippen molar-refractivity contribution in [1.29, 1.82) is 0 Å². The molecule has 166 valence electrons. The Morgan fingerprint density at radius 3 is 2.00 bits per heavy atom. The van der Waals surface area contributed by atoms with E-state index in [9.17, 15) is 14.4 Å². The van der Waals surface area contributed by atoms with E-state index in [4.69, 9.17) is 4.42 Å². The fourth-order valence-electron chi connectivity index (χ4n) is 3.12. The predicted molar refractivity (Wildman–Crippen MR) is 127 cm³/mol. The Balaban J connectivity index is 1.53. The summed E-state index contributed by atoms with van der Waals surface area (Å²) in [5.41, 5.74) is 2.61. The van der Waals surface area contributed by atoms with Crippen molar-refractivity contribution in [3.63, 3.8) is 0 Å². The largest absolute Gasteiger partial charge is 0.444 e. The van der Waals surface area contributed by atoms with Gasteiger partial charge in [0.05, 0.1) is 6.42 Å². The van der Waals surface area contributed by atoms with Gasteiger partial charge in [0.15, 0.2) is 10.4 Å².